The van der Waals surface area contributed by atoms with Crippen LogP contribution in [0, 0.1) is 12.8 Å². The first kappa shape index (κ1) is 14.0. The van der Waals surface area contributed by atoms with Crippen LogP contribution in [-0.2, 0) is 4.74 Å². The van der Waals surface area contributed by atoms with Gasteiger partial charge in [-0.25, -0.2) is 0 Å². The molecule has 0 saturated carbocycles. The van der Waals surface area contributed by atoms with Gasteiger partial charge in [0.2, 0.25) is 0 Å². The molecule has 20 heavy (non-hydrogen) atoms. The Morgan fingerprint density at radius 2 is 2.35 bits per heavy atom. The van der Waals surface area contributed by atoms with Gasteiger partial charge in [-0.1, -0.05) is 11.6 Å². The van der Waals surface area contributed by atoms with Crippen molar-refractivity contribution in [2.24, 2.45) is 5.92 Å². The fraction of sp³-hybridized carbons (Fsp3) is 0.562. The first-order valence-electron chi connectivity index (χ1n) is 7.22. The number of nitrogens with two attached hydrogens (primary N) is 1. The Hall–Kier alpha value is -1.00. The summed E-state index contributed by atoms with van der Waals surface area (Å²) in [6, 6.07) is 5.71. The van der Waals surface area contributed by atoms with Crippen LogP contribution in [0.3, 0.4) is 0 Å². The Labute approximate surface area is 124 Å². The minimum absolute atomic E-state index is 0.0537. The quantitative estimate of drug-likeness (QED) is 0.672. The number of anilines is 1. The summed E-state index contributed by atoms with van der Waals surface area (Å²) in [5, 5.41) is 0. The van der Waals surface area contributed by atoms with E-state index in [1.807, 2.05) is 36.9 Å². The summed E-state index contributed by atoms with van der Waals surface area (Å²) in [6.07, 6.45) is 2.75. The molecule has 0 aliphatic carbocycles. The largest absolute Gasteiger partial charge is 0.398 e. The van der Waals surface area contributed by atoms with E-state index in [1.54, 1.807) is 0 Å². The van der Waals surface area contributed by atoms with Crippen molar-refractivity contribution in [2.75, 3.05) is 23.8 Å². The van der Waals surface area contributed by atoms with Gasteiger partial charge in [0.1, 0.15) is 0 Å². The van der Waals surface area contributed by atoms with Crippen LogP contribution in [0.5, 0.6) is 0 Å². The lowest BCUT2D eigenvalue weighted by molar-refractivity contribution is -0.0734. The third-order valence-corrected chi connectivity index (χ3v) is 5.63. The molecule has 1 aromatic carbocycles. The van der Waals surface area contributed by atoms with Crippen molar-refractivity contribution in [2.45, 2.75) is 31.8 Å². The number of ether oxygens (including phenoxy) is 1. The summed E-state index contributed by atoms with van der Waals surface area (Å²) in [7, 11) is 0. The molecule has 1 spiro atoms. The van der Waals surface area contributed by atoms with E-state index in [0.29, 0.717) is 17.9 Å². The predicted molar refractivity (Wildman–Crippen MR) is 83.3 cm³/mol. The van der Waals surface area contributed by atoms with Gasteiger partial charge in [0.25, 0.3) is 0 Å². The van der Waals surface area contributed by atoms with Crippen molar-refractivity contribution >= 4 is 23.2 Å². The summed E-state index contributed by atoms with van der Waals surface area (Å²) in [5.74, 6) is 2.44. The SMILES string of the molecule is Cc1ccc(N)c(C(=O)C2CCOC3(CCSC3)C2)c1. The van der Waals surface area contributed by atoms with Crippen LogP contribution in [0.1, 0.15) is 35.2 Å². The molecule has 0 amide bonds. The van der Waals surface area contributed by atoms with Crippen LogP contribution >= 0.6 is 11.8 Å². The van der Waals surface area contributed by atoms with Crippen molar-refractivity contribution in [3.63, 3.8) is 0 Å². The van der Waals surface area contributed by atoms with Crippen molar-refractivity contribution in [3.8, 4) is 0 Å². The molecule has 2 aliphatic heterocycles. The van der Waals surface area contributed by atoms with Crippen LogP contribution in [-0.4, -0.2) is 29.5 Å². The van der Waals surface area contributed by atoms with Gasteiger partial charge in [-0.2, -0.15) is 11.8 Å². The van der Waals surface area contributed by atoms with Gasteiger partial charge in [0.15, 0.2) is 5.78 Å². The number of Topliss-reactive ketones (excluding diaryl/α,β-unsaturated/α-hetero) is 1. The lowest BCUT2D eigenvalue weighted by atomic mass is 9.81. The molecule has 2 heterocycles. The number of carbonyl (C=O) groups is 1. The van der Waals surface area contributed by atoms with E-state index in [9.17, 15) is 4.79 Å². The second-order valence-corrected chi connectivity index (χ2v) is 7.08. The van der Waals surface area contributed by atoms with Crippen molar-refractivity contribution < 1.29 is 9.53 Å². The minimum Gasteiger partial charge on any atom is -0.398 e. The topological polar surface area (TPSA) is 52.3 Å². The molecule has 2 fully saturated rings. The van der Waals surface area contributed by atoms with Crippen LogP contribution in [0.25, 0.3) is 0 Å². The highest BCUT2D eigenvalue weighted by Gasteiger charge is 2.42. The fourth-order valence-electron chi connectivity index (χ4n) is 3.22. The Bertz CT molecular complexity index is 523. The number of carbonyl (C=O) groups excluding carboxylic acids is 1. The summed E-state index contributed by atoms with van der Waals surface area (Å²) >= 11 is 1.93. The molecule has 3 rings (SSSR count). The molecule has 2 N–H and O–H groups in total. The Balaban J connectivity index is 1.81. The maximum Gasteiger partial charge on any atom is 0.168 e. The fourth-order valence-corrected chi connectivity index (χ4v) is 4.60. The lowest BCUT2D eigenvalue weighted by Gasteiger charge is -2.37. The zero-order valence-electron chi connectivity index (χ0n) is 11.9. The smallest absolute Gasteiger partial charge is 0.168 e. The third-order valence-electron chi connectivity index (χ3n) is 4.41. The molecule has 2 unspecified atom stereocenters. The monoisotopic (exact) mass is 291 g/mol. The molecular weight excluding hydrogens is 270 g/mol. The maximum absolute atomic E-state index is 12.8. The van der Waals surface area contributed by atoms with Gasteiger partial charge in [0, 0.05) is 29.5 Å². The van der Waals surface area contributed by atoms with Gasteiger partial charge in [-0.3, -0.25) is 4.79 Å². The van der Waals surface area contributed by atoms with Crippen LogP contribution in [0.4, 0.5) is 5.69 Å². The molecule has 1 aromatic rings. The zero-order valence-corrected chi connectivity index (χ0v) is 12.7. The molecule has 2 atom stereocenters. The average molecular weight is 291 g/mol. The van der Waals surface area contributed by atoms with Gasteiger partial charge in [-0.05, 0) is 44.1 Å². The normalized spacial score (nSPS) is 29.8. The molecule has 0 bridgehead atoms. The summed E-state index contributed by atoms with van der Waals surface area (Å²) < 4.78 is 5.99. The second-order valence-electron chi connectivity index (χ2n) is 5.98. The first-order chi connectivity index (χ1) is 9.60. The number of hydrogen-bond donors (Lipinski definition) is 1. The van der Waals surface area contributed by atoms with E-state index in [0.717, 1.165) is 36.3 Å². The molecule has 2 saturated heterocycles. The van der Waals surface area contributed by atoms with E-state index in [-0.39, 0.29) is 17.3 Å². The third kappa shape index (κ3) is 2.59. The van der Waals surface area contributed by atoms with Crippen molar-refractivity contribution in [3.05, 3.63) is 29.3 Å². The molecule has 0 radical (unpaired) electrons. The first-order valence-corrected chi connectivity index (χ1v) is 8.37. The minimum atomic E-state index is -0.0537. The van der Waals surface area contributed by atoms with Gasteiger partial charge >= 0.3 is 0 Å². The predicted octanol–water partition coefficient (Wildman–Crippen LogP) is 3.06. The van der Waals surface area contributed by atoms with E-state index < -0.39 is 0 Å². The van der Waals surface area contributed by atoms with Crippen LogP contribution in [0.15, 0.2) is 18.2 Å². The number of nitrogen functional groups attached to an aromatic ring is 1. The van der Waals surface area contributed by atoms with Crippen molar-refractivity contribution in [1.82, 2.24) is 0 Å². The lowest BCUT2D eigenvalue weighted by Crippen LogP contribution is -2.42. The zero-order chi connectivity index (χ0) is 14.2. The summed E-state index contributed by atoms with van der Waals surface area (Å²) in [4.78, 5) is 12.8. The van der Waals surface area contributed by atoms with Gasteiger partial charge in [0.05, 0.1) is 5.60 Å². The van der Waals surface area contributed by atoms with E-state index in [1.165, 1.54) is 0 Å². The number of ketones is 1. The standard InChI is InChI=1S/C16H21NO2S/c1-11-2-3-14(17)13(8-11)15(18)12-4-6-19-16(9-12)5-7-20-10-16/h2-3,8,12H,4-7,9-10,17H2,1H3. The van der Waals surface area contributed by atoms with Crippen molar-refractivity contribution in [1.29, 1.82) is 0 Å². The molecule has 4 heteroatoms. The summed E-state index contributed by atoms with van der Waals surface area (Å²) in [6.45, 7) is 2.69. The van der Waals surface area contributed by atoms with Gasteiger partial charge < -0.3 is 10.5 Å². The van der Waals surface area contributed by atoms with E-state index >= 15 is 0 Å². The van der Waals surface area contributed by atoms with Crippen LogP contribution in [0.2, 0.25) is 0 Å². The Morgan fingerprint density at radius 3 is 3.10 bits per heavy atom. The highest BCUT2D eigenvalue weighted by atomic mass is 32.2. The second kappa shape index (κ2) is 5.41. The average Bonchev–Trinajstić information content (AvgIpc) is 2.88. The highest BCUT2D eigenvalue weighted by Crippen LogP contribution is 2.41. The molecular formula is C16H21NO2S. The molecule has 108 valence electrons. The summed E-state index contributed by atoms with van der Waals surface area (Å²) in [5.41, 5.74) is 8.31. The molecule has 2 aliphatic rings. The van der Waals surface area contributed by atoms with E-state index in [2.05, 4.69) is 0 Å². The Kier molecular flexibility index (Phi) is 3.78. The number of aryl methyl sites for hydroxylation is 1. The van der Waals surface area contributed by atoms with E-state index in [4.69, 9.17) is 10.5 Å². The van der Waals surface area contributed by atoms with Crippen LogP contribution < -0.4 is 5.73 Å². The van der Waals surface area contributed by atoms with Gasteiger partial charge in [-0.15, -0.1) is 0 Å². The number of benzene rings is 1. The molecule has 0 aromatic heterocycles. The number of thioether (sulfide) groups is 1. The Morgan fingerprint density at radius 1 is 1.50 bits per heavy atom. The highest BCUT2D eigenvalue weighted by molar-refractivity contribution is 7.99. The number of rotatable bonds is 2. The number of hydrogen-bond acceptors (Lipinski definition) is 4. The molecule has 3 nitrogen and oxygen atoms in total. The maximum atomic E-state index is 12.8.